The van der Waals surface area contributed by atoms with E-state index in [4.69, 9.17) is 9.72 Å². The van der Waals surface area contributed by atoms with Gasteiger partial charge in [-0.3, -0.25) is 0 Å². The van der Waals surface area contributed by atoms with Gasteiger partial charge in [-0.15, -0.1) is 0 Å². The van der Waals surface area contributed by atoms with Crippen molar-refractivity contribution in [1.82, 2.24) is 14.7 Å². The predicted octanol–water partition coefficient (Wildman–Crippen LogP) is 1.60. The predicted molar refractivity (Wildman–Crippen MR) is 78.2 cm³/mol. The Hall–Kier alpha value is -1.59. The summed E-state index contributed by atoms with van der Waals surface area (Å²) in [6.07, 6.45) is 6.64. The normalized spacial score (nSPS) is 23.6. The number of anilines is 1. The van der Waals surface area contributed by atoms with E-state index < -0.39 is 0 Å². The molecule has 0 radical (unpaired) electrons. The largest absolute Gasteiger partial charge is 0.372 e. The van der Waals surface area contributed by atoms with E-state index >= 15 is 0 Å². The summed E-state index contributed by atoms with van der Waals surface area (Å²) in [5.74, 6) is 0. The second-order valence-corrected chi connectivity index (χ2v) is 5.55. The first kappa shape index (κ1) is 12.2. The van der Waals surface area contributed by atoms with E-state index in [9.17, 15) is 0 Å². The zero-order valence-corrected chi connectivity index (χ0v) is 11.6. The maximum Gasteiger partial charge on any atom is 0.139 e. The van der Waals surface area contributed by atoms with Crippen LogP contribution in [0.5, 0.6) is 0 Å². The molecule has 106 valence electrons. The molecule has 0 saturated carbocycles. The molecule has 1 atom stereocenters. The van der Waals surface area contributed by atoms with E-state index in [2.05, 4.69) is 39.1 Å². The molecule has 2 aliphatic rings. The van der Waals surface area contributed by atoms with Crippen molar-refractivity contribution in [2.45, 2.75) is 18.9 Å². The third-order valence-corrected chi connectivity index (χ3v) is 4.20. The SMILES string of the molecule is c1cn2cc(C3CCCO3)nc2cc1N1CCNCC1. The second-order valence-electron chi connectivity index (χ2n) is 5.55. The van der Waals surface area contributed by atoms with Crippen molar-refractivity contribution in [3.63, 3.8) is 0 Å². The van der Waals surface area contributed by atoms with Crippen LogP contribution in [0, 0.1) is 0 Å². The van der Waals surface area contributed by atoms with Gasteiger partial charge in [0.2, 0.25) is 0 Å². The summed E-state index contributed by atoms with van der Waals surface area (Å²) >= 11 is 0. The highest BCUT2D eigenvalue weighted by molar-refractivity contribution is 5.57. The highest BCUT2D eigenvalue weighted by Gasteiger charge is 2.20. The quantitative estimate of drug-likeness (QED) is 0.901. The van der Waals surface area contributed by atoms with E-state index in [1.807, 2.05) is 0 Å². The highest BCUT2D eigenvalue weighted by atomic mass is 16.5. The number of nitrogens with zero attached hydrogens (tertiary/aromatic N) is 3. The van der Waals surface area contributed by atoms with Gasteiger partial charge < -0.3 is 19.4 Å². The zero-order chi connectivity index (χ0) is 13.4. The molecule has 0 aromatic carbocycles. The molecule has 0 amide bonds. The van der Waals surface area contributed by atoms with Crippen LogP contribution in [0.2, 0.25) is 0 Å². The summed E-state index contributed by atoms with van der Waals surface area (Å²) in [5, 5.41) is 3.38. The van der Waals surface area contributed by atoms with E-state index in [0.717, 1.165) is 57.0 Å². The maximum absolute atomic E-state index is 5.72. The average Bonchev–Trinajstić information content (AvgIpc) is 3.16. The standard InChI is InChI=1S/C15H20N4O/c1-2-14(20-9-1)13-11-19-6-3-12(10-15(19)17-13)18-7-4-16-5-8-18/h3,6,10-11,14,16H,1-2,4-5,7-9H2. The van der Waals surface area contributed by atoms with Crippen LogP contribution in [0.25, 0.3) is 5.65 Å². The molecule has 2 aliphatic heterocycles. The lowest BCUT2D eigenvalue weighted by molar-refractivity contribution is 0.109. The number of pyridine rings is 1. The van der Waals surface area contributed by atoms with Crippen molar-refractivity contribution in [1.29, 1.82) is 0 Å². The third kappa shape index (κ3) is 2.17. The van der Waals surface area contributed by atoms with Crippen LogP contribution in [-0.4, -0.2) is 42.2 Å². The van der Waals surface area contributed by atoms with Crippen molar-refractivity contribution in [3.8, 4) is 0 Å². The fourth-order valence-corrected chi connectivity index (χ4v) is 3.08. The number of fused-ring (bicyclic) bond motifs is 1. The molecule has 2 fully saturated rings. The minimum atomic E-state index is 0.192. The molecule has 0 aliphatic carbocycles. The van der Waals surface area contributed by atoms with Crippen LogP contribution in [-0.2, 0) is 4.74 Å². The molecule has 4 rings (SSSR count). The average molecular weight is 272 g/mol. The summed E-state index contributed by atoms with van der Waals surface area (Å²) in [6, 6.07) is 4.36. The maximum atomic E-state index is 5.72. The number of hydrogen-bond donors (Lipinski definition) is 1. The number of imidazole rings is 1. The Labute approximate surface area is 118 Å². The van der Waals surface area contributed by atoms with Crippen LogP contribution in [0.3, 0.4) is 0 Å². The fraction of sp³-hybridized carbons (Fsp3) is 0.533. The van der Waals surface area contributed by atoms with Gasteiger partial charge in [-0.05, 0) is 18.9 Å². The molecule has 20 heavy (non-hydrogen) atoms. The Bertz CT molecular complexity index is 597. The van der Waals surface area contributed by atoms with Crippen LogP contribution >= 0.6 is 0 Å². The molecule has 5 nitrogen and oxygen atoms in total. The molecule has 1 N–H and O–H groups in total. The minimum Gasteiger partial charge on any atom is -0.372 e. The lowest BCUT2D eigenvalue weighted by atomic mass is 10.2. The number of aromatic nitrogens is 2. The molecule has 4 heterocycles. The van der Waals surface area contributed by atoms with Crippen LogP contribution in [0.4, 0.5) is 5.69 Å². The Balaban J connectivity index is 1.64. The van der Waals surface area contributed by atoms with Crippen molar-refractivity contribution in [3.05, 3.63) is 30.2 Å². The van der Waals surface area contributed by atoms with Crippen molar-refractivity contribution >= 4 is 11.3 Å². The van der Waals surface area contributed by atoms with Gasteiger partial charge >= 0.3 is 0 Å². The first-order valence-electron chi connectivity index (χ1n) is 7.46. The summed E-state index contributed by atoms with van der Waals surface area (Å²) in [6.45, 7) is 5.11. The summed E-state index contributed by atoms with van der Waals surface area (Å²) in [7, 11) is 0. The molecule has 1 unspecified atom stereocenters. The van der Waals surface area contributed by atoms with Gasteiger partial charge in [-0.1, -0.05) is 0 Å². The number of ether oxygens (including phenoxy) is 1. The summed E-state index contributed by atoms with van der Waals surface area (Å²) in [4.78, 5) is 7.16. The minimum absolute atomic E-state index is 0.192. The van der Waals surface area contributed by atoms with E-state index in [0.29, 0.717) is 0 Å². The molecular formula is C15H20N4O. The smallest absolute Gasteiger partial charge is 0.139 e. The molecule has 0 spiro atoms. The van der Waals surface area contributed by atoms with Gasteiger partial charge in [-0.2, -0.15) is 0 Å². The lowest BCUT2D eigenvalue weighted by Crippen LogP contribution is -2.43. The monoisotopic (exact) mass is 272 g/mol. The molecule has 0 bridgehead atoms. The molecular weight excluding hydrogens is 252 g/mol. The van der Waals surface area contributed by atoms with Crippen molar-refractivity contribution < 1.29 is 4.74 Å². The first-order valence-corrected chi connectivity index (χ1v) is 7.46. The Kier molecular flexibility index (Phi) is 3.09. The van der Waals surface area contributed by atoms with Crippen LogP contribution in [0.1, 0.15) is 24.6 Å². The Morgan fingerprint density at radius 1 is 1.30 bits per heavy atom. The zero-order valence-electron chi connectivity index (χ0n) is 11.6. The van der Waals surface area contributed by atoms with E-state index in [1.54, 1.807) is 0 Å². The van der Waals surface area contributed by atoms with Gasteiger partial charge in [0, 0.05) is 56.9 Å². The Morgan fingerprint density at radius 3 is 3.00 bits per heavy atom. The number of piperazine rings is 1. The summed E-state index contributed by atoms with van der Waals surface area (Å²) in [5.41, 5.74) is 3.36. The Morgan fingerprint density at radius 2 is 2.20 bits per heavy atom. The molecule has 2 aromatic heterocycles. The number of hydrogen-bond acceptors (Lipinski definition) is 4. The van der Waals surface area contributed by atoms with Crippen LogP contribution < -0.4 is 10.2 Å². The molecule has 2 aromatic rings. The second kappa shape index (κ2) is 5.07. The lowest BCUT2D eigenvalue weighted by Gasteiger charge is -2.29. The number of nitrogens with one attached hydrogen (secondary N) is 1. The van der Waals surface area contributed by atoms with Crippen LogP contribution in [0.15, 0.2) is 24.5 Å². The third-order valence-electron chi connectivity index (χ3n) is 4.20. The summed E-state index contributed by atoms with van der Waals surface area (Å²) < 4.78 is 7.82. The van der Waals surface area contributed by atoms with Gasteiger partial charge in [0.1, 0.15) is 11.8 Å². The molecule has 5 heteroatoms. The van der Waals surface area contributed by atoms with Gasteiger partial charge in [0.25, 0.3) is 0 Å². The van der Waals surface area contributed by atoms with Gasteiger partial charge in [0.05, 0.1) is 5.69 Å². The topological polar surface area (TPSA) is 41.8 Å². The first-order chi connectivity index (χ1) is 9.90. The van der Waals surface area contributed by atoms with Crippen molar-refractivity contribution in [2.24, 2.45) is 0 Å². The van der Waals surface area contributed by atoms with Gasteiger partial charge in [-0.25, -0.2) is 4.98 Å². The highest BCUT2D eigenvalue weighted by Crippen LogP contribution is 2.28. The van der Waals surface area contributed by atoms with E-state index in [-0.39, 0.29) is 6.10 Å². The number of rotatable bonds is 2. The van der Waals surface area contributed by atoms with E-state index in [1.165, 1.54) is 5.69 Å². The van der Waals surface area contributed by atoms with Gasteiger partial charge in [0.15, 0.2) is 0 Å². The van der Waals surface area contributed by atoms with Crippen molar-refractivity contribution in [2.75, 3.05) is 37.7 Å². The fourth-order valence-electron chi connectivity index (χ4n) is 3.08. The molecule has 2 saturated heterocycles.